The minimum atomic E-state index is 0.0493. The largest absolute Gasteiger partial charge is 0.496 e. The number of anilines is 1. The molecule has 0 unspecified atom stereocenters. The Morgan fingerprint density at radius 3 is 2.21 bits per heavy atom. The molecular formula is C23H35N3O2. The second-order valence-electron chi connectivity index (χ2n) is 7.28. The Morgan fingerprint density at radius 2 is 1.71 bits per heavy atom. The van der Waals surface area contributed by atoms with E-state index < -0.39 is 0 Å². The molecule has 0 aliphatic rings. The summed E-state index contributed by atoms with van der Waals surface area (Å²) in [6.07, 6.45) is 2.72. The number of hydrogen-bond donors (Lipinski definition) is 0. The van der Waals surface area contributed by atoms with E-state index in [0.29, 0.717) is 12.4 Å². The summed E-state index contributed by atoms with van der Waals surface area (Å²) >= 11 is 0. The summed E-state index contributed by atoms with van der Waals surface area (Å²) in [5, 5.41) is 0. The van der Waals surface area contributed by atoms with Gasteiger partial charge in [-0.05, 0) is 57.2 Å². The quantitative estimate of drug-likeness (QED) is 0.625. The number of methoxy groups -OCH3 is 1. The predicted molar refractivity (Wildman–Crippen MR) is 118 cm³/mol. The second kappa shape index (κ2) is 9.76. The van der Waals surface area contributed by atoms with Gasteiger partial charge in [-0.1, -0.05) is 26.8 Å². The number of ether oxygens (including phenoxy) is 1. The SMILES string of the molecule is CCCN(CCC)c1c(CC)nc(-c2c(C)cc(C)cc2OC)n(CC)c1=O. The van der Waals surface area contributed by atoms with Crippen LogP contribution in [0.25, 0.3) is 11.4 Å². The van der Waals surface area contributed by atoms with Crippen molar-refractivity contribution in [3.8, 4) is 17.1 Å². The molecule has 0 N–H and O–H groups in total. The lowest BCUT2D eigenvalue weighted by Gasteiger charge is -2.27. The highest BCUT2D eigenvalue weighted by Gasteiger charge is 2.23. The maximum atomic E-state index is 13.6. The molecule has 0 atom stereocenters. The average Bonchev–Trinajstić information content (AvgIpc) is 2.66. The van der Waals surface area contributed by atoms with Crippen LogP contribution in [0.4, 0.5) is 5.69 Å². The molecule has 0 aliphatic heterocycles. The van der Waals surface area contributed by atoms with E-state index in [0.717, 1.165) is 66.2 Å². The zero-order valence-corrected chi connectivity index (χ0v) is 18.6. The molecule has 0 spiro atoms. The standard InChI is InChI=1S/C23H35N3O2/c1-8-12-25(13-9-2)21-18(10-3)24-22(26(11-4)23(21)27)20-17(6)14-16(5)15-19(20)28-7/h14-15H,8-13H2,1-7H3. The third-order valence-electron chi connectivity index (χ3n) is 5.06. The number of nitrogens with zero attached hydrogens (tertiary/aromatic N) is 3. The van der Waals surface area contributed by atoms with Crippen LogP contribution >= 0.6 is 0 Å². The van der Waals surface area contributed by atoms with Gasteiger partial charge >= 0.3 is 0 Å². The van der Waals surface area contributed by atoms with E-state index in [1.807, 2.05) is 19.9 Å². The van der Waals surface area contributed by atoms with Crippen LogP contribution in [0.5, 0.6) is 5.75 Å². The number of rotatable bonds is 9. The lowest BCUT2D eigenvalue weighted by Crippen LogP contribution is -2.36. The molecule has 2 aromatic rings. The van der Waals surface area contributed by atoms with Crippen molar-refractivity contribution in [1.82, 2.24) is 9.55 Å². The van der Waals surface area contributed by atoms with E-state index in [4.69, 9.17) is 9.72 Å². The summed E-state index contributed by atoms with van der Waals surface area (Å²) < 4.78 is 7.46. The summed E-state index contributed by atoms with van der Waals surface area (Å²) in [5.41, 5.74) is 4.79. The molecule has 1 aromatic carbocycles. The lowest BCUT2D eigenvalue weighted by atomic mass is 10.0. The van der Waals surface area contributed by atoms with Crippen LogP contribution in [0.15, 0.2) is 16.9 Å². The number of aryl methyl sites for hydroxylation is 3. The fourth-order valence-electron chi connectivity index (χ4n) is 3.89. The van der Waals surface area contributed by atoms with Gasteiger partial charge in [0.2, 0.25) is 0 Å². The van der Waals surface area contributed by atoms with Crippen molar-refractivity contribution < 1.29 is 4.74 Å². The van der Waals surface area contributed by atoms with Gasteiger partial charge < -0.3 is 9.64 Å². The minimum Gasteiger partial charge on any atom is -0.496 e. The van der Waals surface area contributed by atoms with Gasteiger partial charge in [0.05, 0.1) is 18.4 Å². The maximum absolute atomic E-state index is 13.6. The molecule has 5 heteroatoms. The van der Waals surface area contributed by atoms with Crippen LogP contribution in [0.3, 0.4) is 0 Å². The minimum absolute atomic E-state index is 0.0493. The smallest absolute Gasteiger partial charge is 0.277 e. The van der Waals surface area contributed by atoms with Crippen molar-refractivity contribution in [2.24, 2.45) is 0 Å². The molecule has 0 saturated heterocycles. The molecule has 1 aromatic heterocycles. The van der Waals surface area contributed by atoms with Gasteiger partial charge in [-0.25, -0.2) is 4.98 Å². The summed E-state index contributed by atoms with van der Waals surface area (Å²) in [4.78, 5) is 20.8. The molecule has 0 radical (unpaired) electrons. The molecule has 0 fully saturated rings. The van der Waals surface area contributed by atoms with Crippen molar-refractivity contribution in [2.75, 3.05) is 25.1 Å². The number of aromatic nitrogens is 2. The van der Waals surface area contributed by atoms with Crippen LogP contribution in [0, 0.1) is 13.8 Å². The summed E-state index contributed by atoms with van der Waals surface area (Å²) in [6, 6.07) is 4.12. The van der Waals surface area contributed by atoms with Gasteiger partial charge in [0.1, 0.15) is 17.3 Å². The fourth-order valence-corrected chi connectivity index (χ4v) is 3.89. The van der Waals surface area contributed by atoms with Crippen molar-refractivity contribution in [2.45, 2.75) is 67.3 Å². The van der Waals surface area contributed by atoms with Crippen LogP contribution in [-0.4, -0.2) is 29.8 Å². The molecule has 154 valence electrons. The third kappa shape index (κ3) is 4.23. The molecule has 5 nitrogen and oxygen atoms in total. The first-order valence-corrected chi connectivity index (χ1v) is 10.5. The monoisotopic (exact) mass is 385 g/mol. The summed E-state index contributed by atoms with van der Waals surface area (Å²) in [7, 11) is 1.67. The fraction of sp³-hybridized carbons (Fsp3) is 0.565. The molecule has 28 heavy (non-hydrogen) atoms. The lowest BCUT2D eigenvalue weighted by molar-refractivity contribution is 0.415. The predicted octanol–water partition coefficient (Wildman–Crippen LogP) is 4.74. The van der Waals surface area contributed by atoms with Crippen LogP contribution in [-0.2, 0) is 13.0 Å². The molecule has 0 bridgehead atoms. The zero-order valence-electron chi connectivity index (χ0n) is 18.6. The summed E-state index contributed by atoms with van der Waals surface area (Å²) in [6.45, 7) is 14.8. The van der Waals surface area contributed by atoms with Crippen molar-refractivity contribution >= 4 is 5.69 Å². The Balaban J connectivity index is 2.83. The Hall–Kier alpha value is -2.30. The first kappa shape index (κ1) is 22.0. The molecule has 0 saturated carbocycles. The van der Waals surface area contributed by atoms with Gasteiger partial charge in [0.15, 0.2) is 0 Å². The first-order valence-electron chi connectivity index (χ1n) is 10.5. The topological polar surface area (TPSA) is 47.4 Å². The normalized spacial score (nSPS) is 11.0. The van der Waals surface area contributed by atoms with Gasteiger partial charge in [-0.15, -0.1) is 0 Å². The van der Waals surface area contributed by atoms with Gasteiger partial charge in [-0.3, -0.25) is 9.36 Å². The average molecular weight is 386 g/mol. The van der Waals surface area contributed by atoms with E-state index in [2.05, 4.69) is 38.7 Å². The van der Waals surface area contributed by atoms with E-state index in [1.165, 1.54) is 0 Å². The highest BCUT2D eigenvalue weighted by molar-refractivity contribution is 5.71. The zero-order chi connectivity index (χ0) is 20.8. The molecular weight excluding hydrogens is 350 g/mol. The molecule has 0 aliphatic carbocycles. The van der Waals surface area contributed by atoms with Crippen molar-refractivity contribution in [1.29, 1.82) is 0 Å². The number of benzene rings is 1. The van der Waals surface area contributed by atoms with Crippen LogP contribution < -0.4 is 15.2 Å². The van der Waals surface area contributed by atoms with E-state index in [-0.39, 0.29) is 5.56 Å². The third-order valence-corrected chi connectivity index (χ3v) is 5.06. The van der Waals surface area contributed by atoms with Gasteiger partial charge in [0.25, 0.3) is 5.56 Å². The number of hydrogen-bond acceptors (Lipinski definition) is 4. The molecule has 0 amide bonds. The second-order valence-corrected chi connectivity index (χ2v) is 7.28. The maximum Gasteiger partial charge on any atom is 0.277 e. The summed E-state index contributed by atoms with van der Waals surface area (Å²) in [5.74, 6) is 1.47. The van der Waals surface area contributed by atoms with Crippen LogP contribution in [0.1, 0.15) is 57.4 Å². The van der Waals surface area contributed by atoms with E-state index in [9.17, 15) is 4.79 Å². The van der Waals surface area contributed by atoms with E-state index in [1.54, 1.807) is 11.7 Å². The first-order chi connectivity index (χ1) is 13.4. The molecule has 1 heterocycles. The Labute approximate surface area is 169 Å². The van der Waals surface area contributed by atoms with Crippen LogP contribution in [0.2, 0.25) is 0 Å². The van der Waals surface area contributed by atoms with Crippen molar-refractivity contribution in [3.05, 3.63) is 39.3 Å². The Bertz CT molecular complexity index is 865. The molecule has 2 rings (SSSR count). The Kier molecular flexibility index (Phi) is 7.67. The van der Waals surface area contributed by atoms with E-state index >= 15 is 0 Å². The van der Waals surface area contributed by atoms with Gasteiger partial charge in [0, 0.05) is 19.6 Å². The van der Waals surface area contributed by atoms with Gasteiger partial charge in [-0.2, -0.15) is 0 Å². The Morgan fingerprint density at radius 1 is 1.07 bits per heavy atom. The van der Waals surface area contributed by atoms with Crippen molar-refractivity contribution in [3.63, 3.8) is 0 Å². The highest BCUT2D eigenvalue weighted by Crippen LogP contribution is 2.34. The highest BCUT2D eigenvalue weighted by atomic mass is 16.5.